The summed E-state index contributed by atoms with van der Waals surface area (Å²) in [5.41, 5.74) is 0. The van der Waals surface area contributed by atoms with E-state index in [1.54, 1.807) is 0 Å². The second-order valence-corrected chi connectivity index (χ2v) is 7.05. The number of rotatable bonds is 10. The molecule has 3 N–H and O–H groups in total. The second kappa shape index (κ2) is 13.0. The summed E-state index contributed by atoms with van der Waals surface area (Å²) < 4.78 is 5.76. The van der Waals surface area contributed by atoms with Crippen molar-refractivity contribution in [3.8, 4) is 0 Å². The molecule has 1 unspecified atom stereocenters. The van der Waals surface area contributed by atoms with E-state index in [0.29, 0.717) is 17.9 Å². The lowest BCUT2D eigenvalue weighted by atomic mass is 9.95. The van der Waals surface area contributed by atoms with Gasteiger partial charge in [0, 0.05) is 25.7 Å². The van der Waals surface area contributed by atoms with Gasteiger partial charge in [-0.2, -0.15) is 0 Å². The summed E-state index contributed by atoms with van der Waals surface area (Å²) in [6, 6.07) is 0.338. The van der Waals surface area contributed by atoms with E-state index in [1.165, 1.54) is 19.3 Å². The Hall–Kier alpha value is -1.30. The molecule has 0 bridgehead atoms. The number of amides is 1. The maximum absolute atomic E-state index is 12.1. The SMILES string of the molecule is CCNC(=NCC(=O)NC1CCCCC1)NCCC(OCC)C(C)C. The fourth-order valence-electron chi connectivity index (χ4n) is 3.17. The second-order valence-electron chi connectivity index (χ2n) is 7.05. The minimum Gasteiger partial charge on any atom is -0.378 e. The molecule has 0 aliphatic heterocycles. The zero-order valence-corrected chi connectivity index (χ0v) is 16.6. The van der Waals surface area contributed by atoms with Crippen LogP contribution in [0, 0.1) is 5.92 Å². The van der Waals surface area contributed by atoms with Crippen molar-refractivity contribution in [1.29, 1.82) is 0 Å². The van der Waals surface area contributed by atoms with E-state index in [2.05, 4.69) is 34.8 Å². The molecule has 0 radical (unpaired) electrons. The number of nitrogens with one attached hydrogen (secondary N) is 3. The van der Waals surface area contributed by atoms with E-state index in [-0.39, 0.29) is 18.6 Å². The first kappa shape index (κ1) is 21.7. The minimum absolute atomic E-state index is 0.0125. The molecule has 0 spiro atoms. The Balaban J connectivity index is 2.37. The van der Waals surface area contributed by atoms with Gasteiger partial charge in [0.1, 0.15) is 6.54 Å². The molecule has 1 atom stereocenters. The van der Waals surface area contributed by atoms with Crippen molar-refractivity contribution < 1.29 is 9.53 Å². The van der Waals surface area contributed by atoms with Gasteiger partial charge in [-0.05, 0) is 39.0 Å². The molecule has 0 heterocycles. The number of hydrogen-bond acceptors (Lipinski definition) is 3. The van der Waals surface area contributed by atoms with Crippen LogP contribution in [0.1, 0.15) is 66.2 Å². The van der Waals surface area contributed by atoms with Gasteiger partial charge in [-0.1, -0.05) is 33.1 Å². The third kappa shape index (κ3) is 9.68. The predicted molar refractivity (Wildman–Crippen MR) is 104 cm³/mol. The van der Waals surface area contributed by atoms with Crippen LogP contribution >= 0.6 is 0 Å². The fourth-order valence-corrected chi connectivity index (χ4v) is 3.17. The average molecular weight is 355 g/mol. The Morgan fingerprint density at radius 1 is 1.16 bits per heavy atom. The van der Waals surface area contributed by atoms with Gasteiger partial charge in [-0.15, -0.1) is 0 Å². The number of carbonyl (C=O) groups is 1. The average Bonchev–Trinajstić information content (AvgIpc) is 2.59. The van der Waals surface area contributed by atoms with Crippen molar-refractivity contribution in [2.24, 2.45) is 10.9 Å². The molecule has 146 valence electrons. The zero-order valence-electron chi connectivity index (χ0n) is 16.6. The quantitative estimate of drug-likeness (QED) is 0.416. The molecule has 1 rings (SSSR count). The van der Waals surface area contributed by atoms with Gasteiger partial charge >= 0.3 is 0 Å². The van der Waals surface area contributed by atoms with Crippen molar-refractivity contribution in [3.05, 3.63) is 0 Å². The largest absolute Gasteiger partial charge is 0.378 e. The van der Waals surface area contributed by atoms with Crippen molar-refractivity contribution in [2.45, 2.75) is 78.4 Å². The van der Waals surface area contributed by atoms with Crippen LogP contribution in [0.2, 0.25) is 0 Å². The van der Waals surface area contributed by atoms with Gasteiger partial charge in [0.25, 0.3) is 0 Å². The van der Waals surface area contributed by atoms with Crippen molar-refractivity contribution >= 4 is 11.9 Å². The van der Waals surface area contributed by atoms with E-state index in [1.807, 2.05) is 13.8 Å². The summed E-state index contributed by atoms with van der Waals surface area (Å²) >= 11 is 0. The lowest BCUT2D eigenvalue weighted by Gasteiger charge is -2.22. The van der Waals surface area contributed by atoms with Crippen LogP contribution < -0.4 is 16.0 Å². The van der Waals surface area contributed by atoms with Crippen LogP contribution in [0.25, 0.3) is 0 Å². The zero-order chi connectivity index (χ0) is 18.5. The van der Waals surface area contributed by atoms with E-state index in [9.17, 15) is 4.79 Å². The van der Waals surface area contributed by atoms with E-state index in [4.69, 9.17) is 4.74 Å². The molecular weight excluding hydrogens is 316 g/mol. The molecular formula is C19H38N4O2. The third-order valence-electron chi connectivity index (χ3n) is 4.54. The van der Waals surface area contributed by atoms with Gasteiger partial charge in [-0.3, -0.25) is 4.79 Å². The lowest BCUT2D eigenvalue weighted by molar-refractivity contribution is -0.120. The summed E-state index contributed by atoms with van der Waals surface area (Å²) in [6.07, 6.45) is 7.09. The van der Waals surface area contributed by atoms with Gasteiger partial charge in [0.15, 0.2) is 5.96 Å². The molecule has 0 saturated heterocycles. The molecule has 0 aromatic carbocycles. The van der Waals surface area contributed by atoms with Crippen LogP contribution in [-0.2, 0) is 9.53 Å². The summed E-state index contributed by atoms with van der Waals surface area (Å²) in [4.78, 5) is 16.5. The molecule has 25 heavy (non-hydrogen) atoms. The highest BCUT2D eigenvalue weighted by molar-refractivity contribution is 5.85. The first-order chi connectivity index (χ1) is 12.1. The molecule has 6 nitrogen and oxygen atoms in total. The molecule has 1 fully saturated rings. The number of guanidine groups is 1. The minimum atomic E-state index is 0.0125. The van der Waals surface area contributed by atoms with Crippen molar-refractivity contribution in [2.75, 3.05) is 26.2 Å². The summed E-state index contributed by atoms with van der Waals surface area (Å²) in [6.45, 7) is 10.9. The maximum Gasteiger partial charge on any atom is 0.242 e. The van der Waals surface area contributed by atoms with Crippen molar-refractivity contribution in [1.82, 2.24) is 16.0 Å². The molecule has 1 saturated carbocycles. The molecule has 0 aromatic heterocycles. The normalized spacial score (nSPS) is 17.4. The highest BCUT2D eigenvalue weighted by Crippen LogP contribution is 2.17. The third-order valence-corrected chi connectivity index (χ3v) is 4.54. The van der Waals surface area contributed by atoms with Crippen LogP contribution in [0.5, 0.6) is 0 Å². The van der Waals surface area contributed by atoms with Gasteiger partial charge in [0.05, 0.1) is 6.10 Å². The summed E-state index contributed by atoms with van der Waals surface area (Å²) in [5.74, 6) is 1.20. The topological polar surface area (TPSA) is 74.8 Å². The maximum atomic E-state index is 12.1. The number of hydrogen-bond donors (Lipinski definition) is 3. The van der Waals surface area contributed by atoms with E-state index < -0.39 is 0 Å². The van der Waals surface area contributed by atoms with Crippen LogP contribution in [-0.4, -0.2) is 50.3 Å². The molecule has 0 aromatic rings. The Labute approximate surface area is 153 Å². The lowest BCUT2D eigenvalue weighted by Crippen LogP contribution is -2.41. The smallest absolute Gasteiger partial charge is 0.242 e. The molecule has 1 amide bonds. The van der Waals surface area contributed by atoms with Crippen molar-refractivity contribution in [3.63, 3.8) is 0 Å². The monoisotopic (exact) mass is 354 g/mol. The molecule has 1 aliphatic rings. The number of nitrogens with zero attached hydrogens (tertiary/aromatic N) is 1. The Morgan fingerprint density at radius 3 is 2.48 bits per heavy atom. The number of carbonyl (C=O) groups excluding carboxylic acids is 1. The van der Waals surface area contributed by atoms with Crippen LogP contribution in [0.15, 0.2) is 4.99 Å². The summed E-state index contributed by atoms with van der Waals surface area (Å²) in [7, 11) is 0. The van der Waals surface area contributed by atoms with Gasteiger partial charge in [-0.25, -0.2) is 4.99 Å². The number of aliphatic imine (C=N–C) groups is 1. The van der Waals surface area contributed by atoms with Crippen LogP contribution in [0.3, 0.4) is 0 Å². The summed E-state index contributed by atoms with van der Waals surface area (Å²) in [5, 5.41) is 9.60. The Morgan fingerprint density at radius 2 is 1.88 bits per heavy atom. The van der Waals surface area contributed by atoms with Gasteiger partial charge in [0.2, 0.25) is 5.91 Å². The highest BCUT2D eigenvalue weighted by atomic mass is 16.5. The first-order valence-corrected chi connectivity index (χ1v) is 9.99. The fraction of sp³-hybridized carbons (Fsp3) is 0.895. The first-order valence-electron chi connectivity index (χ1n) is 9.99. The van der Waals surface area contributed by atoms with E-state index >= 15 is 0 Å². The Kier molecular flexibility index (Phi) is 11.3. The standard InChI is InChI=1S/C19H38N4O2/c1-5-20-19(21-13-12-17(15(3)4)25-6-2)22-14-18(24)23-16-10-8-7-9-11-16/h15-17H,5-14H2,1-4H3,(H,23,24)(H2,20,21,22). The highest BCUT2D eigenvalue weighted by Gasteiger charge is 2.16. The van der Waals surface area contributed by atoms with E-state index in [0.717, 1.165) is 39.0 Å². The van der Waals surface area contributed by atoms with Crippen LogP contribution in [0.4, 0.5) is 0 Å². The number of ether oxygens (including phenoxy) is 1. The molecule has 6 heteroatoms. The van der Waals surface area contributed by atoms with Gasteiger partial charge < -0.3 is 20.7 Å². The molecule has 1 aliphatic carbocycles. The Bertz CT molecular complexity index is 393. The predicted octanol–water partition coefficient (Wildman–Crippen LogP) is 2.44.